The number of thiazole rings is 1. The fraction of sp³-hybridized carbons (Fsp3) is 0.786. The summed E-state index contributed by atoms with van der Waals surface area (Å²) >= 11 is 1.74. The smallest absolute Gasteiger partial charge is 0.0794 e. The molecule has 0 spiro atoms. The predicted octanol–water partition coefficient (Wildman–Crippen LogP) is 3.84. The standard InChI is InChI=1S/C14H24N2S/c1-13(2)5-11(6-14(3,4)9-13)16-8-12-7-15-10-17-12/h7,10-11,16H,5-6,8-9H2,1-4H3. The van der Waals surface area contributed by atoms with Gasteiger partial charge in [0.15, 0.2) is 0 Å². The van der Waals surface area contributed by atoms with Crippen LogP contribution in [-0.4, -0.2) is 11.0 Å². The summed E-state index contributed by atoms with van der Waals surface area (Å²) < 4.78 is 0. The highest BCUT2D eigenvalue weighted by Gasteiger charge is 2.38. The molecule has 17 heavy (non-hydrogen) atoms. The van der Waals surface area contributed by atoms with E-state index in [1.165, 1.54) is 24.1 Å². The third kappa shape index (κ3) is 3.78. The largest absolute Gasteiger partial charge is 0.309 e. The highest BCUT2D eigenvalue weighted by Crippen LogP contribution is 2.45. The summed E-state index contributed by atoms with van der Waals surface area (Å²) in [5.74, 6) is 0. The molecule has 1 aromatic rings. The van der Waals surface area contributed by atoms with Gasteiger partial charge in [0, 0.05) is 23.7 Å². The van der Waals surface area contributed by atoms with Crippen LogP contribution in [0.5, 0.6) is 0 Å². The molecule has 0 aromatic carbocycles. The highest BCUT2D eigenvalue weighted by molar-refractivity contribution is 7.09. The molecule has 1 N–H and O–H groups in total. The van der Waals surface area contributed by atoms with Crippen molar-refractivity contribution in [3.05, 3.63) is 16.6 Å². The third-order valence-corrected chi connectivity index (χ3v) is 4.38. The van der Waals surface area contributed by atoms with Gasteiger partial charge in [-0.15, -0.1) is 11.3 Å². The fourth-order valence-electron chi connectivity index (χ4n) is 3.56. The molecule has 2 nitrogen and oxygen atoms in total. The minimum Gasteiger partial charge on any atom is -0.309 e. The lowest BCUT2D eigenvalue weighted by atomic mass is 9.63. The van der Waals surface area contributed by atoms with Gasteiger partial charge in [-0.05, 0) is 30.1 Å². The van der Waals surface area contributed by atoms with Crippen molar-refractivity contribution in [2.75, 3.05) is 0 Å². The van der Waals surface area contributed by atoms with Crippen molar-refractivity contribution in [3.63, 3.8) is 0 Å². The first-order valence-electron chi connectivity index (χ1n) is 6.47. The fourth-order valence-corrected chi connectivity index (χ4v) is 4.11. The molecule has 0 saturated heterocycles. The minimum absolute atomic E-state index is 0.465. The van der Waals surface area contributed by atoms with Crippen LogP contribution in [0.25, 0.3) is 0 Å². The Bertz CT molecular complexity index is 338. The monoisotopic (exact) mass is 252 g/mol. The lowest BCUT2D eigenvalue weighted by Gasteiger charge is -2.45. The van der Waals surface area contributed by atoms with E-state index in [2.05, 4.69) is 38.0 Å². The van der Waals surface area contributed by atoms with Crippen molar-refractivity contribution in [2.24, 2.45) is 10.8 Å². The summed E-state index contributed by atoms with van der Waals surface area (Å²) in [6.07, 6.45) is 5.87. The van der Waals surface area contributed by atoms with Gasteiger partial charge < -0.3 is 5.32 Å². The van der Waals surface area contributed by atoms with Gasteiger partial charge in [-0.2, -0.15) is 0 Å². The molecule has 1 aliphatic rings. The van der Waals surface area contributed by atoms with Crippen LogP contribution in [0.4, 0.5) is 0 Å². The molecule has 2 rings (SSSR count). The molecular weight excluding hydrogens is 228 g/mol. The van der Waals surface area contributed by atoms with Gasteiger partial charge in [0.25, 0.3) is 0 Å². The SMILES string of the molecule is CC1(C)CC(NCc2cncs2)CC(C)(C)C1. The van der Waals surface area contributed by atoms with Crippen LogP contribution < -0.4 is 5.32 Å². The first-order chi connectivity index (χ1) is 7.86. The number of hydrogen-bond acceptors (Lipinski definition) is 3. The van der Waals surface area contributed by atoms with E-state index in [9.17, 15) is 0 Å². The van der Waals surface area contributed by atoms with E-state index in [4.69, 9.17) is 0 Å². The topological polar surface area (TPSA) is 24.9 Å². The van der Waals surface area contributed by atoms with Crippen LogP contribution in [0.1, 0.15) is 51.8 Å². The maximum Gasteiger partial charge on any atom is 0.0794 e. The average molecular weight is 252 g/mol. The van der Waals surface area contributed by atoms with E-state index in [0.29, 0.717) is 16.9 Å². The number of aromatic nitrogens is 1. The summed E-state index contributed by atoms with van der Waals surface area (Å²) in [7, 11) is 0. The normalized spacial score (nSPS) is 23.8. The van der Waals surface area contributed by atoms with E-state index in [1.807, 2.05) is 11.7 Å². The van der Waals surface area contributed by atoms with Crippen molar-refractivity contribution >= 4 is 11.3 Å². The van der Waals surface area contributed by atoms with Gasteiger partial charge in [0.1, 0.15) is 0 Å². The second kappa shape index (κ2) is 4.69. The van der Waals surface area contributed by atoms with E-state index < -0.39 is 0 Å². The molecular formula is C14H24N2S. The van der Waals surface area contributed by atoms with Crippen molar-refractivity contribution in [1.82, 2.24) is 10.3 Å². The first-order valence-corrected chi connectivity index (χ1v) is 7.35. The summed E-state index contributed by atoms with van der Waals surface area (Å²) in [5.41, 5.74) is 2.84. The molecule has 0 bridgehead atoms. The number of nitrogens with zero attached hydrogens (tertiary/aromatic N) is 1. The number of nitrogens with one attached hydrogen (secondary N) is 1. The molecule has 1 aromatic heterocycles. The Balaban J connectivity index is 1.92. The summed E-state index contributed by atoms with van der Waals surface area (Å²) in [6, 6.07) is 0.649. The maximum atomic E-state index is 4.12. The summed E-state index contributed by atoms with van der Waals surface area (Å²) in [6.45, 7) is 10.6. The van der Waals surface area contributed by atoms with Crippen molar-refractivity contribution < 1.29 is 0 Å². The average Bonchev–Trinajstić information content (AvgIpc) is 2.61. The lowest BCUT2D eigenvalue weighted by molar-refractivity contribution is 0.0846. The van der Waals surface area contributed by atoms with Crippen LogP contribution in [0.3, 0.4) is 0 Å². The first kappa shape index (κ1) is 13.0. The lowest BCUT2D eigenvalue weighted by Crippen LogP contribution is -2.43. The zero-order chi connectivity index (χ0) is 12.5. The maximum absolute atomic E-state index is 4.12. The van der Waals surface area contributed by atoms with E-state index in [0.717, 1.165) is 6.54 Å². The molecule has 1 heterocycles. The van der Waals surface area contributed by atoms with E-state index >= 15 is 0 Å². The van der Waals surface area contributed by atoms with Gasteiger partial charge in [-0.25, -0.2) is 0 Å². The molecule has 1 aliphatic carbocycles. The van der Waals surface area contributed by atoms with Gasteiger partial charge >= 0.3 is 0 Å². The molecule has 0 radical (unpaired) electrons. The zero-order valence-electron chi connectivity index (χ0n) is 11.4. The summed E-state index contributed by atoms with van der Waals surface area (Å²) in [5, 5.41) is 3.71. The summed E-state index contributed by atoms with van der Waals surface area (Å²) in [4.78, 5) is 5.46. The Morgan fingerprint density at radius 3 is 2.47 bits per heavy atom. The van der Waals surface area contributed by atoms with E-state index in [1.54, 1.807) is 11.3 Å². The molecule has 0 atom stereocenters. The van der Waals surface area contributed by atoms with Crippen LogP contribution in [0.15, 0.2) is 11.7 Å². The van der Waals surface area contributed by atoms with Gasteiger partial charge in [-0.1, -0.05) is 27.7 Å². The molecule has 0 unspecified atom stereocenters. The second-order valence-corrected chi connectivity index (χ2v) is 7.93. The Labute approximate surface area is 109 Å². The quantitative estimate of drug-likeness (QED) is 0.884. The number of rotatable bonds is 3. The van der Waals surface area contributed by atoms with Crippen LogP contribution in [-0.2, 0) is 6.54 Å². The zero-order valence-corrected chi connectivity index (χ0v) is 12.2. The van der Waals surface area contributed by atoms with Crippen LogP contribution in [0, 0.1) is 10.8 Å². The Kier molecular flexibility index (Phi) is 3.60. The Morgan fingerprint density at radius 2 is 1.94 bits per heavy atom. The van der Waals surface area contributed by atoms with Gasteiger partial charge in [0.05, 0.1) is 5.51 Å². The number of hydrogen-bond donors (Lipinski definition) is 1. The van der Waals surface area contributed by atoms with Crippen molar-refractivity contribution in [3.8, 4) is 0 Å². The molecule has 0 amide bonds. The Hall–Kier alpha value is -0.410. The highest BCUT2D eigenvalue weighted by atomic mass is 32.1. The molecule has 3 heteroatoms. The molecule has 0 aliphatic heterocycles. The second-order valence-electron chi connectivity index (χ2n) is 6.96. The van der Waals surface area contributed by atoms with Gasteiger partial charge in [0.2, 0.25) is 0 Å². The van der Waals surface area contributed by atoms with Crippen molar-refractivity contribution in [2.45, 2.75) is 59.5 Å². The minimum atomic E-state index is 0.465. The van der Waals surface area contributed by atoms with E-state index in [-0.39, 0.29) is 0 Å². The van der Waals surface area contributed by atoms with Crippen molar-refractivity contribution in [1.29, 1.82) is 0 Å². The van der Waals surface area contributed by atoms with Crippen LogP contribution >= 0.6 is 11.3 Å². The Morgan fingerprint density at radius 1 is 1.29 bits per heavy atom. The predicted molar refractivity (Wildman–Crippen MR) is 74.2 cm³/mol. The molecule has 1 saturated carbocycles. The third-order valence-electron chi connectivity index (χ3n) is 3.60. The molecule has 1 fully saturated rings. The van der Waals surface area contributed by atoms with Crippen LogP contribution in [0.2, 0.25) is 0 Å². The van der Waals surface area contributed by atoms with Gasteiger partial charge in [-0.3, -0.25) is 4.98 Å². The molecule has 96 valence electrons.